The Kier molecular flexibility index (Phi) is 4.39. The standard InChI is InChI=1S/C8H11BrN2O4S2/c1-16(12,13)10-7-4-2-3-5-8(7)11-17(14,15)6-9/h2-5,10-11H,6H2,1H3. The minimum atomic E-state index is -3.52. The zero-order valence-corrected chi connectivity index (χ0v) is 12.1. The van der Waals surface area contributed by atoms with Crippen molar-refractivity contribution in [1.82, 2.24) is 0 Å². The normalized spacial score (nSPS) is 12.1. The summed E-state index contributed by atoms with van der Waals surface area (Å²) in [5.41, 5.74) is 0.358. The summed E-state index contributed by atoms with van der Waals surface area (Å²) >= 11 is 2.83. The first kappa shape index (κ1) is 14.3. The minimum Gasteiger partial charge on any atom is -0.282 e. The highest BCUT2D eigenvalue weighted by molar-refractivity contribution is 9.10. The van der Waals surface area contributed by atoms with Gasteiger partial charge in [-0.1, -0.05) is 28.1 Å². The van der Waals surface area contributed by atoms with Gasteiger partial charge in [0.15, 0.2) is 0 Å². The summed E-state index contributed by atoms with van der Waals surface area (Å²) in [4.78, 5) is 0. The zero-order valence-electron chi connectivity index (χ0n) is 8.84. The number of hydrogen-bond donors (Lipinski definition) is 2. The van der Waals surface area contributed by atoms with E-state index < -0.39 is 20.0 Å². The third-order valence-electron chi connectivity index (χ3n) is 1.63. The molecule has 96 valence electrons. The fourth-order valence-electron chi connectivity index (χ4n) is 1.06. The highest BCUT2D eigenvalue weighted by Crippen LogP contribution is 2.23. The maximum Gasteiger partial charge on any atom is 0.242 e. The second-order valence-electron chi connectivity index (χ2n) is 3.25. The Labute approximate surface area is 109 Å². The van der Waals surface area contributed by atoms with Gasteiger partial charge in [0, 0.05) is 0 Å². The van der Waals surface area contributed by atoms with Crippen LogP contribution in [-0.2, 0) is 20.0 Å². The molecule has 0 amide bonds. The maximum absolute atomic E-state index is 11.4. The molecule has 1 aromatic carbocycles. The zero-order chi connectivity index (χ0) is 13.1. The van der Waals surface area contributed by atoms with Crippen LogP contribution in [0.3, 0.4) is 0 Å². The summed E-state index contributed by atoms with van der Waals surface area (Å²) < 4.78 is 49.1. The van der Waals surface area contributed by atoms with Gasteiger partial charge in [0.25, 0.3) is 0 Å². The van der Waals surface area contributed by atoms with E-state index in [0.717, 1.165) is 6.26 Å². The molecular formula is C8H11BrN2O4S2. The van der Waals surface area contributed by atoms with E-state index in [1.54, 1.807) is 12.1 Å². The van der Waals surface area contributed by atoms with Crippen molar-refractivity contribution in [1.29, 1.82) is 0 Å². The molecule has 0 bridgehead atoms. The van der Waals surface area contributed by atoms with Gasteiger partial charge in [0.2, 0.25) is 20.0 Å². The summed E-state index contributed by atoms with van der Waals surface area (Å²) in [6.07, 6.45) is 0.989. The van der Waals surface area contributed by atoms with Crippen molar-refractivity contribution in [2.45, 2.75) is 0 Å². The fraction of sp³-hybridized carbons (Fsp3) is 0.250. The molecule has 0 aliphatic carbocycles. The molecule has 1 rings (SSSR count). The molecule has 0 spiro atoms. The lowest BCUT2D eigenvalue weighted by atomic mass is 10.3. The maximum atomic E-state index is 11.4. The number of para-hydroxylation sites is 2. The molecule has 0 aliphatic rings. The van der Waals surface area contributed by atoms with Crippen molar-refractivity contribution in [3.63, 3.8) is 0 Å². The molecule has 0 fully saturated rings. The van der Waals surface area contributed by atoms with Crippen molar-refractivity contribution >= 4 is 47.4 Å². The summed E-state index contributed by atoms with van der Waals surface area (Å²) in [5.74, 6) is 0. The molecule has 6 nitrogen and oxygen atoms in total. The summed E-state index contributed by atoms with van der Waals surface area (Å²) in [7, 11) is -6.98. The van der Waals surface area contributed by atoms with Gasteiger partial charge in [-0.3, -0.25) is 9.44 Å². The average molecular weight is 343 g/mol. The van der Waals surface area contributed by atoms with Crippen LogP contribution < -0.4 is 9.44 Å². The molecule has 1 aromatic rings. The van der Waals surface area contributed by atoms with Crippen molar-refractivity contribution in [3.8, 4) is 0 Å². The van der Waals surface area contributed by atoms with E-state index in [9.17, 15) is 16.8 Å². The smallest absolute Gasteiger partial charge is 0.242 e. The molecule has 0 unspecified atom stereocenters. The third kappa shape index (κ3) is 4.92. The predicted octanol–water partition coefficient (Wildman–Crippen LogP) is 1.15. The van der Waals surface area contributed by atoms with Crippen LogP contribution in [0.1, 0.15) is 0 Å². The van der Waals surface area contributed by atoms with Crippen molar-refractivity contribution < 1.29 is 16.8 Å². The van der Waals surface area contributed by atoms with Crippen molar-refractivity contribution in [2.24, 2.45) is 0 Å². The second kappa shape index (κ2) is 5.23. The first-order valence-corrected chi connectivity index (χ1v) is 9.03. The van der Waals surface area contributed by atoms with E-state index >= 15 is 0 Å². The molecule has 0 heterocycles. The molecule has 0 saturated heterocycles. The van der Waals surface area contributed by atoms with E-state index in [4.69, 9.17) is 0 Å². The molecule has 9 heteroatoms. The second-order valence-corrected chi connectivity index (χ2v) is 8.02. The number of anilines is 2. The van der Waals surface area contributed by atoms with Gasteiger partial charge in [0.05, 0.1) is 17.6 Å². The van der Waals surface area contributed by atoms with Gasteiger partial charge >= 0.3 is 0 Å². The molecule has 17 heavy (non-hydrogen) atoms. The van der Waals surface area contributed by atoms with Gasteiger partial charge in [-0.05, 0) is 12.1 Å². The van der Waals surface area contributed by atoms with Crippen LogP contribution in [0.2, 0.25) is 0 Å². The van der Waals surface area contributed by atoms with Gasteiger partial charge in [-0.25, -0.2) is 16.8 Å². The van der Waals surface area contributed by atoms with E-state index in [1.807, 2.05) is 0 Å². The largest absolute Gasteiger partial charge is 0.282 e. The summed E-state index contributed by atoms with van der Waals surface area (Å²) in [5, 5.41) is 0. The van der Waals surface area contributed by atoms with Crippen LogP contribution in [0.4, 0.5) is 11.4 Å². The number of sulfonamides is 2. The number of rotatable bonds is 5. The van der Waals surface area contributed by atoms with Crippen molar-refractivity contribution in [2.75, 3.05) is 20.4 Å². The Morgan fingerprint density at radius 2 is 1.53 bits per heavy atom. The number of halogens is 1. The lowest BCUT2D eigenvalue weighted by molar-refractivity contribution is 0.604. The average Bonchev–Trinajstić information content (AvgIpc) is 2.19. The van der Waals surface area contributed by atoms with E-state index in [-0.39, 0.29) is 16.0 Å². The molecule has 0 saturated carbocycles. The quantitative estimate of drug-likeness (QED) is 0.785. The Morgan fingerprint density at radius 1 is 1.06 bits per heavy atom. The fourth-order valence-corrected chi connectivity index (χ4v) is 2.54. The lowest BCUT2D eigenvalue weighted by Gasteiger charge is -2.11. The van der Waals surface area contributed by atoms with Gasteiger partial charge < -0.3 is 0 Å². The van der Waals surface area contributed by atoms with E-state index in [1.165, 1.54) is 12.1 Å². The van der Waals surface area contributed by atoms with Crippen LogP contribution in [0, 0.1) is 0 Å². The van der Waals surface area contributed by atoms with Crippen molar-refractivity contribution in [3.05, 3.63) is 24.3 Å². The number of hydrogen-bond acceptors (Lipinski definition) is 4. The first-order chi connectivity index (χ1) is 7.73. The van der Waals surface area contributed by atoms with Crippen LogP contribution >= 0.6 is 15.9 Å². The SMILES string of the molecule is CS(=O)(=O)Nc1ccccc1NS(=O)(=O)CBr. The minimum absolute atomic E-state index is 0.178. The summed E-state index contributed by atoms with van der Waals surface area (Å²) in [6, 6.07) is 6.12. The third-order valence-corrected chi connectivity index (χ3v) is 4.85. The van der Waals surface area contributed by atoms with Gasteiger partial charge in [-0.15, -0.1) is 0 Å². The van der Waals surface area contributed by atoms with Crippen LogP contribution in [0.5, 0.6) is 0 Å². The van der Waals surface area contributed by atoms with Gasteiger partial charge in [-0.2, -0.15) is 0 Å². The number of alkyl halides is 1. The Morgan fingerprint density at radius 3 is 1.94 bits per heavy atom. The number of nitrogens with one attached hydrogen (secondary N) is 2. The summed E-state index contributed by atoms with van der Waals surface area (Å²) in [6.45, 7) is 0. The van der Waals surface area contributed by atoms with Crippen LogP contribution in [0.25, 0.3) is 0 Å². The van der Waals surface area contributed by atoms with E-state index in [0.29, 0.717) is 0 Å². The molecule has 2 N–H and O–H groups in total. The Hall–Kier alpha value is -0.800. The molecular weight excluding hydrogens is 332 g/mol. The lowest BCUT2D eigenvalue weighted by Crippen LogP contribution is -2.16. The van der Waals surface area contributed by atoms with Crippen LogP contribution in [0.15, 0.2) is 24.3 Å². The molecule has 0 aromatic heterocycles. The molecule has 0 atom stereocenters. The first-order valence-electron chi connectivity index (χ1n) is 4.37. The Bertz CT molecular complexity index is 598. The van der Waals surface area contributed by atoms with Gasteiger partial charge in [0.1, 0.15) is 4.66 Å². The molecule has 0 radical (unpaired) electrons. The van der Waals surface area contributed by atoms with Crippen LogP contribution in [-0.4, -0.2) is 27.8 Å². The number of benzene rings is 1. The highest BCUT2D eigenvalue weighted by Gasteiger charge is 2.12. The van der Waals surface area contributed by atoms with E-state index in [2.05, 4.69) is 25.4 Å². The Balaban J connectivity index is 3.09. The predicted molar refractivity (Wildman–Crippen MR) is 71.2 cm³/mol. The molecule has 0 aliphatic heterocycles. The monoisotopic (exact) mass is 342 g/mol. The highest BCUT2D eigenvalue weighted by atomic mass is 79.9. The topological polar surface area (TPSA) is 92.3 Å².